The minimum absolute atomic E-state index is 0.129. The number of imidazole rings is 1. The molecule has 0 unspecified atom stereocenters. The summed E-state index contributed by atoms with van der Waals surface area (Å²) >= 11 is 0. The Morgan fingerprint density at radius 1 is 0.776 bits per heavy atom. The number of likely N-dealkylation sites (tertiary alicyclic amines) is 2. The number of carbonyl (C=O) groups excluding carboxylic acids is 4. The first kappa shape index (κ1) is 40.5. The van der Waals surface area contributed by atoms with Crippen LogP contribution in [-0.4, -0.2) is 100 Å². The molecule has 3 aliphatic rings. The van der Waals surface area contributed by atoms with Gasteiger partial charge in [-0.3, -0.25) is 9.59 Å². The van der Waals surface area contributed by atoms with Crippen LogP contribution in [0.25, 0.3) is 33.7 Å². The second-order valence-corrected chi connectivity index (χ2v) is 16.1. The molecule has 0 radical (unpaired) electrons. The van der Waals surface area contributed by atoms with E-state index in [9.17, 15) is 19.2 Å². The smallest absolute Gasteiger partial charge is 0.407 e. The maximum absolute atomic E-state index is 14.0. The molecule has 5 atom stereocenters. The van der Waals surface area contributed by atoms with Crippen molar-refractivity contribution in [2.75, 3.05) is 33.9 Å². The minimum Gasteiger partial charge on any atom is -0.453 e. The third-order valence-corrected chi connectivity index (χ3v) is 11.6. The number of hydrogen-bond acceptors (Lipinski definition) is 10. The van der Waals surface area contributed by atoms with Gasteiger partial charge in [-0.15, -0.1) is 0 Å². The number of oxazole rings is 1. The number of aromatic nitrogens is 3. The van der Waals surface area contributed by atoms with Gasteiger partial charge in [-0.2, -0.15) is 0 Å². The van der Waals surface area contributed by atoms with Crippen LogP contribution < -0.4 is 10.6 Å². The third kappa shape index (κ3) is 8.31. The number of carbonyl (C=O) groups is 4. The highest BCUT2D eigenvalue weighted by Crippen LogP contribution is 2.45. The maximum Gasteiger partial charge on any atom is 0.407 e. The molecule has 0 aliphatic carbocycles. The van der Waals surface area contributed by atoms with Crippen LogP contribution in [0.5, 0.6) is 0 Å². The molecule has 1 spiro atoms. The fraction of sp³-hybridized carbons (Fsp3) is 0.488. The molecule has 308 valence electrons. The van der Waals surface area contributed by atoms with Crippen LogP contribution in [0.15, 0.2) is 65.3 Å². The number of aromatic amines is 1. The highest BCUT2D eigenvalue weighted by Gasteiger charge is 2.51. The Balaban J connectivity index is 1.03. The first-order valence-corrected chi connectivity index (χ1v) is 20.1. The Hall–Kier alpha value is -5.70. The Labute approximate surface area is 338 Å². The van der Waals surface area contributed by atoms with Crippen molar-refractivity contribution in [3.63, 3.8) is 0 Å². The van der Waals surface area contributed by atoms with E-state index in [1.54, 1.807) is 22.2 Å². The largest absolute Gasteiger partial charge is 0.453 e. The number of ether oxygens (including phenoxy) is 3. The second kappa shape index (κ2) is 17.0. The van der Waals surface area contributed by atoms with Gasteiger partial charge in [0.2, 0.25) is 17.7 Å². The van der Waals surface area contributed by atoms with E-state index in [1.807, 2.05) is 64.1 Å². The van der Waals surface area contributed by atoms with E-state index >= 15 is 0 Å². The summed E-state index contributed by atoms with van der Waals surface area (Å²) in [5.74, 6) is 1.10. The summed E-state index contributed by atoms with van der Waals surface area (Å²) in [5, 5.41) is 5.40. The number of amides is 4. The zero-order valence-electron chi connectivity index (χ0n) is 33.9. The van der Waals surface area contributed by atoms with Crippen molar-refractivity contribution in [2.24, 2.45) is 11.8 Å². The number of H-pyrrole nitrogens is 1. The maximum atomic E-state index is 14.0. The lowest BCUT2D eigenvalue weighted by atomic mass is 9.96. The number of methoxy groups -OCH3 is 2. The number of alkyl carbamates (subject to hydrolysis) is 2. The SMILES string of the molecule is COC(=O)N[C@H](C(=O)N1C[C@]2(CCCO2)C[C@H]1c1ncc(-c2ccc(-c3ccc(-c4cnc([C@@H]5CCCN5C(=O)[C@@H](NC(=O)OC)C(C)C)o4)cc3)cc2)[nH]1)C(C)C. The fourth-order valence-corrected chi connectivity index (χ4v) is 8.40. The van der Waals surface area contributed by atoms with Crippen LogP contribution in [0, 0.1) is 11.8 Å². The second-order valence-electron chi connectivity index (χ2n) is 16.1. The van der Waals surface area contributed by atoms with Gasteiger partial charge in [0.25, 0.3) is 0 Å². The molecular formula is C43H53N7O8. The highest BCUT2D eigenvalue weighted by atomic mass is 16.5. The van der Waals surface area contributed by atoms with Crippen molar-refractivity contribution in [2.45, 2.75) is 89.6 Å². The molecule has 3 saturated heterocycles. The highest BCUT2D eigenvalue weighted by molar-refractivity contribution is 5.87. The van der Waals surface area contributed by atoms with Crippen molar-refractivity contribution >= 4 is 24.0 Å². The molecule has 5 heterocycles. The summed E-state index contributed by atoms with van der Waals surface area (Å²) in [6.45, 7) is 9.20. The van der Waals surface area contributed by atoms with Crippen molar-refractivity contribution in [3.8, 4) is 33.7 Å². The molecule has 4 amide bonds. The molecule has 4 aromatic rings. The minimum atomic E-state index is -0.752. The van der Waals surface area contributed by atoms with Crippen molar-refractivity contribution in [3.05, 3.63) is 72.6 Å². The van der Waals surface area contributed by atoms with Crippen LogP contribution in [0.2, 0.25) is 0 Å². The lowest BCUT2D eigenvalue weighted by Crippen LogP contribution is -2.51. The van der Waals surface area contributed by atoms with E-state index in [0.29, 0.717) is 50.0 Å². The zero-order chi connectivity index (χ0) is 41.1. The van der Waals surface area contributed by atoms with Crippen LogP contribution in [0.3, 0.4) is 0 Å². The van der Waals surface area contributed by atoms with Gasteiger partial charge < -0.3 is 44.0 Å². The van der Waals surface area contributed by atoms with Crippen LogP contribution in [0.1, 0.15) is 83.6 Å². The predicted molar refractivity (Wildman–Crippen MR) is 214 cm³/mol. The Morgan fingerprint density at radius 2 is 1.36 bits per heavy atom. The van der Waals surface area contributed by atoms with Gasteiger partial charge in [0.15, 0.2) is 5.76 Å². The molecular weight excluding hydrogens is 743 g/mol. The molecule has 2 aromatic heterocycles. The topological polar surface area (TPSA) is 181 Å². The average molecular weight is 796 g/mol. The Kier molecular flexibility index (Phi) is 11.9. The predicted octanol–water partition coefficient (Wildman–Crippen LogP) is 6.65. The number of nitrogens with zero attached hydrogens (tertiary/aromatic N) is 4. The van der Waals surface area contributed by atoms with Gasteiger partial charge >= 0.3 is 12.2 Å². The van der Waals surface area contributed by atoms with E-state index in [1.165, 1.54) is 14.2 Å². The normalized spacial score (nSPS) is 21.4. The number of nitrogens with one attached hydrogen (secondary N) is 3. The van der Waals surface area contributed by atoms with Crippen molar-refractivity contribution in [1.29, 1.82) is 0 Å². The van der Waals surface area contributed by atoms with Crippen LogP contribution in [-0.2, 0) is 23.8 Å². The standard InChI is InChI=1S/C43H53N7O8/c1-25(2)35(47-41(53)55-5)39(51)49-19-7-9-32(49)38-45-23-34(58-38)30-16-12-28(13-17-30)27-10-14-29(15-11-27)31-22-44-37(46-31)33-21-43(18-8-20-57-43)24-50(33)40(52)36(26(3)4)48-42(54)56-6/h10-17,22-23,25-26,32-33,35-36H,7-9,18-21,24H2,1-6H3,(H,44,46)(H,47,53)(H,48,54)/t32-,33-,35-,36-,43-/m0/s1. The Bertz CT molecular complexity index is 2090. The van der Waals surface area contributed by atoms with E-state index in [-0.39, 0.29) is 35.7 Å². The quantitative estimate of drug-likeness (QED) is 0.149. The van der Waals surface area contributed by atoms with Gasteiger partial charge in [-0.25, -0.2) is 19.6 Å². The molecule has 15 heteroatoms. The lowest BCUT2D eigenvalue weighted by Gasteiger charge is -2.30. The van der Waals surface area contributed by atoms with Crippen molar-refractivity contribution < 1.29 is 37.8 Å². The molecule has 15 nitrogen and oxygen atoms in total. The first-order valence-electron chi connectivity index (χ1n) is 20.1. The molecule has 2 aromatic carbocycles. The summed E-state index contributed by atoms with van der Waals surface area (Å²) in [5.41, 5.74) is 4.25. The summed E-state index contributed by atoms with van der Waals surface area (Å²) < 4.78 is 22.0. The number of rotatable bonds is 11. The van der Waals surface area contributed by atoms with Gasteiger partial charge in [0, 0.05) is 25.1 Å². The van der Waals surface area contributed by atoms with Gasteiger partial charge in [0.1, 0.15) is 23.9 Å². The molecule has 3 aliphatic heterocycles. The van der Waals surface area contributed by atoms with Gasteiger partial charge in [-0.1, -0.05) is 76.2 Å². The Morgan fingerprint density at radius 3 is 1.93 bits per heavy atom. The lowest BCUT2D eigenvalue weighted by molar-refractivity contribution is -0.136. The van der Waals surface area contributed by atoms with E-state index in [2.05, 4.69) is 32.7 Å². The first-order chi connectivity index (χ1) is 27.9. The summed E-state index contributed by atoms with van der Waals surface area (Å²) in [4.78, 5) is 68.0. The monoisotopic (exact) mass is 795 g/mol. The summed E-state index contributed by atoms with van der Waals surface area (Å²) in [6.07, 6.45) is 6.13. The van der Waals surface area contributed by atoms with E-state index in [0.717, 1.165) is 47.2 Å². The molecule has 3 fully saturated rings. The fourth-order valence-electron chi connectivity index (χ4n) is 8.40. The molecule has 3 N–H and O–H groups in total. The zero-order valence-corrected chi connectivity index (χ0v) is 33.9. The molecule has 0 saturated carbocycles. The van der Waals surface area contributed by atoms with E-state index < -0.39 is 29.9 Å². The molecule has 0 bridgehead atoms. The summed E-state index contributed by atoms with van der Waals surface area (Å²) in [6, 6.07) is 14.1. The molecule has 58 heavy (non-hydrogen) atoms. The van der Waals surface area contributed by atoms with Crippen LogP contribution in [0.4, 0.5) is 9.59 Å². The average Bonchev–Trinajstić information content (AvgIpc) is 4.09. The van der Waals surface area contributed by atoms with Crippen molar-refractivity contribution in [1.82, 2.24) is 35.4 Å². The third-order valence-electron chi connectivity index (χ3n) is 11.6. The number of hydrogen-bond donors (Lipinski definition) is 3. The van der Waals surface area contributed by atoms with E-state index in [4.69, 9.17) is 23.6 Å². The summed E-state index contributed by atoms with van der Waals surface area (Å²) in [7, 11) is 2.57. The molecule has 7 rings (SSSR count). The van der Waals surface area contributed by atoms with Crippen LogP contribution >= 0.6 is 0 Å². The van der Waals surface area contributed by atoms with Gasteiger partial charge in [0.05, 0.1) is 50.5 Å². The number of benzene rings is 2. The van der Waals surface area contributed by atoms with Gasteiger partial charge in [-0.05, 0) is 54.2 Å².